The quantitative estimate of drug-likeness (QED) is 0.147. The first-order valence-electron chi connectivity index (χ1n) is 9.25. The third-order valence-corrected chi connectivity index (χ3v) is 3.84. The van der Waals surface area contributed by atoms with E-state index in [1.54, 1.807) is 0 Å². The topological polar surface area (TPSA) is 237 Å². The molecule has 0 spiro atoms. The standard InChI is InChI=1S/C17H30N6O7/c1-8(2)5-9(18)15(27)23-10(3-4-12(19)24)16(28)21-7-14(26)22-11(17(29)30)6-13(20)25/h8-11H,3-7,18H2,1-2H3,(H2,19,24)(H2,20,25)(H,21,28)(H,22,26)(H,23,27)(H,29,30). The molecule has 170 valence electrons. The van der Waals surface area contributed by atoms with Crippen LogP contribution >= 0.6 is 0 Å². The zero-order chi connectivity index (χ0) is 23.4. The highest BCUT2D eigenvalue weighted by atomic mass is 16.4. The highest BCUT2D eigenvalue weighted by Crippen LogP contribution is 2.04. The Morgan fingerprint density at radius 1 is 0.900 bits per heavy atom. The average Bonchev–Trinajstić information content (AvgIpc) is 2.61. The summed E-state index contributed by atoms with van der Waals surface area (Å²) >= 11 is 0. The maximum absolute atomic E-state index is 12.3. The van der Waals surface area contributed by atoms with Gasteiger partial charge in [-0.3, -0.25) is 24.0 Å². The Morgan fingerprint density at radius 2 is 1.50 bits per heavy atom. The van der Waals surface area contributed by atoms with Crippen LogP contribution < -0.4 is 33.2 Å². The van der Waals surface area contributed by atoms with Crippen LogP contribution in [0.1, 0.15) is 39.5 Å². The van der Waals surface area contributed by atoms with E-state index in [2.05, 4.69) is 10.6 Å². The molecular formula is C17H30N6O7. The second-order valence-corrected chi connectivity index (χ2v) is 7.15. The van der Waals surface area contributed by atoms with Gasteiger partial charge in [0.2, 0.25) is 29.5 Å². The van der Waals surface area contributed by atoms with Gasteiger partial charge in [0, 0.05) is 6.42 Å². The Kier molecular flexibility index (Phi) is 11.7. The molecule has 0 aromatic rings. The molecule has 0 radical (unpaired) electrons. The van der Waals surface area contributed by atoms with E-state index in [0.29, 0.717) is 6.42 Å². The number of carbonyl (C=O) groups is 6. The third kappa shape index (κ3) is 11.6. The molecule has 10 N–H and O–H groups in total. The fourth-order valence-corrected chi connectivity index (χ4v) is 2.39. The lowest BCUT2D eigenvalue weighted by Gasteiger charge is -2.21. The Bertz CT molecular complexity index is 667. The number of rotatable bonds is 14. The molecule has 0 heterocycles. The molecule has 0 bridgehead atoms. The summed E-state index contributed by atoms with van der Waals surface area (Å²) in [5.74, 6) is -5.26. The Morgan fingerprint density at radius 3 is 1.97 bits per heavy atom. The molecule has 3 unspecified atom stereocenters. The van der Waals surface area contributed by atoms with E-state index in [-0.39, 0.29) is 18.8 Å². The van der Waals surface area contributed by atoms with Gasteiger partial charge >= 0.3 is 5.97 Å². The van der Waals surface area contributed by atoms with Crippen LogP contribution in [0.4, 0.5) is 0 Å². The maximum Gasteiger partial charge on any atom is 0.326 e. The van der Waals surface area contributed by atoms with Crippen molar-refractivity contribution >= 4 is 35.5 Å². The number of amides is 5. The molecule has 5 amide bonds. The molecule has 0 rings (SSSR count). The Labute approximate surface area is 173 Å². The fourth-order valence-electron chi connectivity index (χ4n) is 2.39. The summed E-state index contributed by atoms with van der Waals surface area (Å²) in [5.41, 5.74) is 15.8. The van der Waals surface area contributed by atoms with Gasteiger partial charge in [-0.15, -0.1) is 0 Å². The van der Waals surface area contributed by atoms with Crippen molar-refractivity contribution in [2.45, 2.75) is 57.7 Å². The van der Waals surface area contributed by atoms with Crippen molar-refractivity contribution in [2.24, 2.45) is 23.1 Å². The van der Waals surface area contributed by atoms with E-state index in [4.69, 9.17) is 22.3 Å². The van der Waals surface area contributed by atoms with Crippen molar-refractivity contribution in [3.8, 4) is 0 Å². The van der Waals surface area contributed by atoms with Gasteiger partial charge in [0.1, 0.15) is 12.1 Å². The number of hydrogen-bond acceptors (Lipinski definition) is 7. The summed E-state index contributed by atoms with van der Waals surface area (Å²) in [6, 6.07) is -3.61. The molecule has 30 heavy (non-hydrogen) atoms. The van der Waals surface area contributed by atoms with Crippen LogP contribution in [0.3, 0.4) is 0 Å². The minimum atomic E-state index is -1.55. The van der Waals surface area contributed by atoms with Crippen molar-refractivity contribution in [3.63, 3.8) is 0 Å². The molecule has 13 nitrogen and oxygen atoms in total. The van der Waals surface area contributed by atoms with Gasteiger partial charge < -0.3 is 38.3 Å². The number of primary amides is 2. The fraction of sp³-hybridized carbons (Fsp3) is 0.647. The Hall–Kier alpha value is -3.22. The minimum Gasteiger partial charge on any atom is -0.480 e. The number of carboxylic acid groups (broad SMARTS) is 1. The second kappa shape index (κ2) is 13.1. The molecule has 0 fully saturated rings. The van der Waals surface area contributed by atoms with Gasteiger partial charge in [-0.05, 0) is 18.8 Å². The van der Waals surface area contributed by atoms with Crippen LogP contribution in [-0.4, -0.2) is 65.3 Å². The number of hydrogen-bond donors (Lipinski definition) is 7. The van der Waals surface area contributed by atoms with E-state index in [0.717, 1.165) is 0 Å². The number of nitrogens with one attached hydrogen (secondary N) is 3. The first kappa shape index (κ1) is 26.8. The van der Waals surface area contributed by atoms with Gasteiger partial charge in [0.05, 0.1) is 19.0 Å². The number of aliphatic carboxylic acids is 1. The van der Waals surface area contributed by atoms with E-state index in [1.807, 2.05) is 19.2 Å². The van der Waals surface area contributed by atoms with E-state index < -0.39 is 66.6 Å². The second-order valence-electron chi connectivity index (χ2n) is 7.15. The minimum absolute atomic E-state index is 0.123. The zero-order valence-corrected chi connectivity index (χ0v) is 17.0. The lowest BCUT2D eigenvalue weighted by molar-refractivity contribution is -0.143. The smallest absolute Gasteiger partial charge is 0.326 e. The molecule has 0 saturated heterocycles. The molecule has 0 aliphatic carbocycles. The molecule has 3 atom stereocenters. The van der Waals surface area contributed by atoms with Gasteiger partial charge in [-0.2, -0.15) is 0 Å². The molecule has 0 saturated carbocycles. The summed E-state index contributed by atoms with van der Waals surface area (Å²) in [6.07, 6.45) is -0.582. The van der Waals surface area contributed by atoms with E-state index in [9.17, 15) is 28.8 Å². The first-order chi connectivity index (χ1) is 13.8. The van der Waals surface area contributed by atoms with Crippen LogP contribution in [0.25, 0.3) is 0 Å². The molecular weight excluding hydrogens is 400 g/mol. The monoisotopic (exact) mass is 430 g/mol. The lowest BCUT2D eigenvalue weighted by atomic mass is 10.0. The van der Waals surface area contributed by atoms with Crippen LogP contribution in [0.15, 0.2) is 0 Å². The van der Waals surface area contributed by atoms with Gasteiger partial charge in [0.15, 0.2) is 0 Å². The Balaban J connectivity index is 4.92. The van der Waals surface area contributed by atoms with Gasteiger partial charge in [-0.25, -0.2) is 4.79 Å². The van der Waals surface area contributed by atoms with Crippen molar-refractivity contribution in [3.05, 3.63) is 0 Å². The average molecular weight is 430 g/mol. The normalized spacial score (nSPS) is 13.6. The molecule has 0 aliphatic heterocycles. The summed E-state index contributed by atoms with van der Waals surface area (Å²) in [4.78, 5) is 69.3. The van der Waals surface area contributed by atoms with Gasteiger partial charge in [-0.1, -0.05) is 13.8 Å². The highest BCUT2D eigenvalue weighted by Gasteiger charge is 2.26. The van der Waals surface area contributed by atoms with Crippen LogP contribution in [0, 0.1) is 5.92 Å². The van der Waals surface area contributed by atoms with Crippen molar-refractivity contribution < 1.29 is 33.9 Å². The lowest BCUT2D eigenvalue weighted by Crippen LogP contribution is -2.54. The van der Waals surface area contributed by atoms with Crippen molar-refractivity contribution in [1.29, 1.82) is 0 Å². The van der Waals surface area contributed by atoms with Crippen LogP contribution in [0.5, 0.6) is 0 Å². The number of nitrogens with two attached hydrogens (primary N) is 3. The maximum atomic E-state index is 12.3. The predicted octanol–water partition coefficient (Wildman–Crippen LogP) is -3.33. The third-order valence-electron chi connectivity index (χ3n) is 3.84. The summed E-state index contributed by atoms with van der Waals surface area (Å²) < 4.78 is 0. The summed E-state index contributed by atoms with van der Waals surface area (Å²) in [7, 11) is 0. The summed E-state index contributed by atoms with van der Waals surface area (Å²) in [5, 5.41) is 15.6. The van der Waals surface area contributed by atoms with Crippen LogP contribution in [0.2, 0.25) is 0 Å². The molecule has 13 heteroatoms. The van der Waals surface area contributed by atoms with E-state index >= 15 is 0 Å². The predicted molar refractivity (Wildman–Crippen MR) is 104 cm³/mol. The van der Waals surface area contributed by atoms with Crippen LogP contribution in [-0.2, 0) is 28.8 Å². The molecule has 0 aromatic heterocycles. The summed E-state index contributed by atoms with van der Waals surface area (Å²) in [6.45, 7) is 3.10. The largest absolute Gasteiger partial charge is 0.480 e. The molecule has 0 aromatic carbocycles. The number of carboxylic acids is 1. The van der Waals surface area contributed by atoms with Crippen molar-refractivity contribution in [2.75, 3.05) is 6.54 Å². The molecule has 0 aliphatic rings. The van der Waals surface area contributed by atoms with Gasteiger partial charge in [0.25, 0.3) is 0 Å². The highest BCUT2D eigenvalue weighted by molar-refractivity contribution is 5.93. The van der Waals surface area contributed by atoms with Crippen molar-refractivity contribution in [1.82, 2.24) is 16.0 Å². The zero-order valence-electron chi connectivity index (χ0n) is 17.0. The van der Waals surface area contributed by atoms with E-state index in [1.165, 1.54) is 0 Å². The SMILES string of the molecule is CC(C)CC(N)C(=O)NC(CCC(N)=O)C(=O)NCC(=O)NC(CC(N)=O)C(=O)O. The first-order valence-corrected chi connectivity index (χ1v) is 9.25. The number of carbonyl (C=O) groups excluding carboxylic acids is 5.